The highest BCUT2D eigenvalue weighted by Gasteiger charge is 2.12. The van der Waals surface area contributed by atoms with E-state index in [2.05, 4.69) is 4.98 Å². The van der Waals surface area contributed by atoms with Crippen LogP contribution in [0.4, 0.5) is 0 Å². The van der Waals surface area contributed by atoms with E-state index in [4.69, 9.17) is 4.74 Å². The summed E-state index contributed by atoms with van der Waals surface area (Å²) in [6.07, 6.45) is 0. The summed E-state index contributed by atoms with van der Waals surface area (Å²) in [7, 11) is 1.50. The average molecular weight is 284 g/mol. The molecular formula is C15H12N2O4. The van der Waals surface area contributed by atoms with Crippen LogP contribution in [0.2, 0.25) is 0 Å². The first kappa shape index (κ1) is 13.0. The van der Waals surface area contributed by atoms with Crippen molar-refractivity contribution in [3.63, 3.8) is 0 Å². The van der Waals surface area contributed by atoms with Gasteiger partial charge in [0.1, 0.15) is 11.5 Å². The molecule has 3 rings (SSSR count). The predicted molar refractivity (Wildman–Crippen MR) is 78.4 cm³/mol. The number of aromatic amines is 1. The minimum Gasteiger partial charge on any atom is -0.506 e. The maximum absolute atomic E-state index is 12.5. The largest absolute Gasteiger partial charge is 0.506 e. The molecule has 0 saturated heterocycles. The first-order valence-corrected chi connectivity index (χ1v) is 6.23. The molecule has 0 aliphatic heterocycles. The van der Waals surface area contributed by atoms with Crippen LogP contribution in [0, 0.1) is 0 Å². The maximum atomic E-state index is 12.5. The lowest BCUT2D eigenvalue weighted by molar-refractivity contribution is 0.415. The fourth-order valence-electron chi connectivity index (χ4n) is 2.20. The highest BCUT2D eigenvalue weighted by molar-refractivity contribution is 5.79. The van der Waals surface area contributed by atoms with Crippen LogP contribution in [-0.2, 0) is 0 Å². The van der Waals surface area contributed by atoms with E-state index in [0.717, 1.165) is 4.57 Å². The van der Waals surface area contributed by atoms with Gasteiger partial charge in [-0.15, -0.1) is 0 Å². The number of rotatable bonds is 2. The molecule has 0 aliphatic carbocycles. The molecule has 0 unspecified atom stereocenters. The Balaban J connectivity index is 2.39. The van der Waals surface area contributed by atoms with Crippen molar-refractivity contribution in [3.8, 4) is 17.2 Å². The molecule has 0 spiro atoms. The van der Waals surface area contributed by atoms with Gasteiger partial charge in [-0.25, -0.2) is 9.36 Å². The summed E-state index contributed by atoms with van der Waals surface area (Å²) in [6.45, 7) is 0. The molecule has 0 radical (unpaired) electrons. The van der Waals surface area contributed by atoms with E-state index >= 15 is 0 Å². The monoisotopic (exact) mass is 284 g/mol. The lowest BCUT2D eigenvalue weighted by Crippen LogP contribution is -2.33. The molecule has 3 aromatic rings. The lowest BCUT2D eigenvalue weighted by Gasteiger charge is -2.08. The highest BCUT2D eigenvalue weighted by Crippen LogP contribution is 2.19. The topological polar surface area (TPSA) is 84.3 Å². The van der Waals surface area contributed by atoms with Crippen LogP contribution in [0.25, 0.3) is 16.6 Å². The number of aromatic nitrogens is 2. The van der Waals surface area contributed by atoms with Crippen molar-refractivity contribution in [3.05, 3.63) is 63.3 Å². The van der Waals surface area contributed by atoms with Gasteiger partial charge in [-0.2, -0.15) is 0 Å². The summed E-state index contributed by atoms with van der Waals surface area (Å²) in [6, 6.07) is 11.0. The normalized spacial score (nSPS) is 10.7. The Kier molecular flexibility index (Phi) is 2.98. The first-order valence-electron chi connectivity index (χ1n) is 6.23. The maximum Gasteiger partial charge on any atom is 0.333 e. The van der Waals surface area contributed by atoms with Crippen molar-refractivity contribution in [2.45, 2.75) is 0 Å². The van der Waals surface area contributed by atoms with Crippen LogP contribution in [-0.4, -0.2) is 21.8 Å². The van der Waals surface area contributed by atoms with Crippen molar-refractivity contribution in [2.24, 2.45) is 0 Å². The molecule has 1 heterocycles. The van der Waals surface area contributed by atoms with E-state index in [1.165, 1.54) is 19.2 Å². The summed E-state index contributed by atoms with van der Waals surface area (Å²) in [5, 5.41) is 10.2. The second kappa shape index (κ2) is 4.82. The molecule has 1 aromatic heterocycles. The minimum atomic E-state index is -0.623. The van der Waals surface area contributed by atoms with E-state index in [-0.39, 0.29) is 11.4 Å². The number of nitrogens with one attached hydrogen (secondary N) is 1. The summed E-state index contributed by atoms with van der Waals surface area (Å²) >= 11 is 0. The van der Waals surface area contributed by atoms with Crippen LogP contribution < -0.4 is 16.0 Å². The Hall–Kier alpha value is -3.02. The molecular weight excluding hydrogens is 272 g/mol. The van der Waals surface area contributed by atoms with Crippen LogP contribution in [0.5, 0.6) is 11.5 Å². The predicted octanol–water partition coefficient (Wildman–Crippen LogP) is 1.39. The van der Waals surface area contributed by atoms with E-state index in [1.807, 2.05) is 0 Å². The molecule has 2 aromatic carbocycles. The SMILES string of the molecule is COc1ccc2c(=O)n(-c3ccccc3O)c(=O)[nH]c2c1. The molecule has 0 amide bonds. The van der Waals surface area contributed by atoms with Crippen molar-refractivity contribution in [1.29, 1.82) is 0 Å². The summed E-state index contributed by atoms with van der Waals surface area (Å²) in [4.78, 5) is 27.3. The Bertz CT molecular complexity index is 940. The number of methoxy groups -OCH3 is 1. The number of phenolic OH excluding ortho intramolecular Hbond substituents is 1. The zero-order valence-corrected chi connectivity index (χ0v) is 11.2. The number of H-pyrrole nitrogens is 1. The standard InChI is InChI=1S/C15H12N2O4/c1-21-9-6-7-10-11(8-9)16-15(20)17(14(10)19)12-4-2-3-5-13(12)18/h2-8,18H,1H3,(H,16,20). The van der Waals surface area contributed by atoms with E-state index in [0.29, 0.717) is 16.7 Å². The molecule has 0 saturated carbocycles. The van der Waals surface area contributed by atoms with Gasteiger partial charge in [0.25, 0.3) is 5.56 Å². The Morgan fingerprint density at radius 2 is 1.90 bits per heavy atom. The highest BCUT2D eigenvalue weighted by atomic mass is 16.5. The summed E-state index contributed by atoms with van der Waals surface area (Å²) in [5.74, 6) is 0.399. The third-order valence-corrected chi connectivity index (χ3v) is 3.23. The van der Waals surface area contributed by atoms with Gasteiger partial charge in [-0.3, -0.25) is 4.79 Å². The second-order valence-electron chi connectivity index (χ2n) is 4.47. The quantitative estimate of drug-likeness (QED) is 0.745. The second-order valence-corrected chi connectivity index (χ2v) is 4.47. The summed E-state index contributed by atoms with van der Waals surface area (Å²) < 4.78 is 5.97. The van der Waals surface area contributed by atoms with Crippen LogP contribution >= 0.6 is 0 Å². The minimum absolute atomic E-state index is 0.140. The molecule has 21 heavy (non-hydrogen) atoms. The number of phenols is 1. The van der Waals surface area contributed by atoms with Crippen LogP contribution in [0.1, 0.15) is 0 Å². The van der Waals surface area contributed by atoms with Gasteiger partial charge in [-0.05, 0) is 24.3 Å². The molecule has 0 atom stereocenters. The van der Waals surface area contributed by atoms with Crippen LogP contribution in [0.3, 0.4) is 0 Å². The zero-order valence-electron chi connectivity index (χ0n) is 11.2. The summed E-state index contributed by atoms with van der Waals surface area (Å²) in [5.41, 5.74) is -0.599. The number of hydrogen-bond acceptors (Lipinski definition) is 4. The Morgan fingerprint density at radius 3 is 2.62 bits per heavy atom. The van der Waals surface area contributed by atoms with E-state index < -0.39 is 11.2 Å². The van der Waals surface area contributed by atoms with Gasteiger partial charge in [0.05, 0.1) is 23.7 Å². The molecule has 2 N–H and O–H groups in total. The first-order chi connectivity index (χ1) is 10.1. The smallest absolute Gasteiger partial charge is 0.333 e. The van der Waals surface area contributed by atoms with Crippen molar-refractivity contribution in [2.75, 3.05) is 7.11 Å². The molecule has 0 aliphatic rings. The number of fused-ring (bicyclic) bond motifs is 1. The molecule has 106 valence electrons. The van der Waals surface area contributed by atoms with Gasteiger partial charge in [-0.1, -0.05) is 12.1 Å². The van der Waals surface area contributed by atoms with Crippen molar-refractivity contribution >= 4 is 10.9 Å². The molecule has 0 bridgehead atoms. The van der Waals surface area contributed by atoms with Crippen molar-refractivity contribution < 1.29 is 9.84 Å². The third kappa shape index (κ3) is 2.06. The fourth-order valence-corrected chi connectivity index (χ4v) is 2.20. The van der Waals surface area contributed by atoms with Crippen molar-refractivity contribution in [1.82, 2.24) is 9.55 Å². The molecule has 6 heteroatoms. The molecule has 6 nitrogen and oxygen atoms in total. The van der Waals surface area contributed by atoms with Crippen LogP contribution in [0.15, 0.2) is 52.1 Å². The average Bonchev–Trinajstić information content (AvgIpc) is 2.48. The van der Waals surface area contributed by atoms with Gasteiger partial charge >= 0.3 is 5.69 Å². The van der Waals surface area contributed by atoms with Gasteiger partial charge in [0.2, 0.25) is 0 Å². The number of nitrogens with zero attached hydrogens (tertiary/aromatic N) is 1. The van der Waals surface area contributed by atoms with Gasteiger partial charge in [0, 0.05) is 6.07 Å². The van der Waals surface area contributed by atoms with Gasteiger partial charge < -0.3 is 14.8 Å². The lowest BCUT2D eigenvalue weighted by atomic mass is 10.2. The van der Waals surface area contributed by atoms with E-state index in [9.17, 15) is 14.7 Å². The van der Waals surface area contributed by atoms with Gasteiger partial charge in [0.15, 0.2) is 0 Å². The molecule has 0 fully saturated rings. The third-order valence-electron chi connectivity index (χ3n) is 3.23. The number of aromatic hydroxyl groups is 1. The number of ether oxygens (including phenoxy) is 1. The van der Waals surface area contributed by atoms with E-state index in [1.54, 1.807) is 30.3 Å². The fraction of sp³-hybridized carbons (Fsp3) is 0.0667. The zero-order chi connectivity index (χ0) is 15.0. The number of benzene rings is 2. The number of para-hydroxylation sites is 2. The Morgan fingerprint density at radius 1 is 1.14 bits per heavy atom. The number of hydrogen-bond donors (Lipinski definition) is 2. The Labute approximate surface area is 118 Å².